The maximum Gasteiger partial charge on any atom is 0.0719 e. The van der Waals surface area contributed by atoms with Gasteiger partial charge in [0.15, 0.2) is 0 Å². The minimum absolute atomic E-state index is 0.319. The molecule has 0 aliphatic heterocycles. The van der Waals surface area contributed by atoms with Crippen LogP contribution in [0, 0.1) is 0 Å². The lowest BCUT2D eigenvalue weighted by Gasteiger charge is -2.31. The first kappa shape index (κ1) is 26.0. The lowest BCUT2D eigenvalue weighted by atomic mass is 9.69. The molecule has 0 saturated carbocycles. The zero-order valence-corrected chi connectivity index (χ0v) is 24.3. The molecule has 0 saturated heterocycles. The van der Waals surface area contributed by atoms with Crippen molar-refractivity contribution in [3.8, 4) is 22.3 Å². The Morgan fingerprint density at radius 2 is 0.955 bits per heavy atom. The Balaban J connectivity index is 1.17. The second-order valence-electron chi connectivity index (χ2n) is 11.3. The summed E-state index contributed by atoms with van der Waals surface area (Å²) in [6.07, 6.45) is 11.2. The standard InChI is InChI=1S/C43H31N/c1-3-15-32(16-4-1)33-26-28-37(29-27-33)44(36-19-5-2-6-20-36)30-14-13-18-35-31-34-17-7-10-23-40(34)43(35)41-24-11-8-21-38(41)39-22-9-12-25-42(39)43/h1-31H/b18-13-,30-14+. The lowest BCUT2D eigenvalue weighted by molar-refractivity contribution is 0.787. The van der Waals surface area contributed by atoms with Crippen molar-refractivity contribution in [3.63, 3.8) is 0 Å². The van der Waals surface area contributed by atoms with Crippen LogP contribution in [0.5, 0.6) is 0 Å². The Morgan fingerprint density at radius 3 is 1.64 bits per heavy atom. The summed E-state index contributed by atoms with van der Waals surface area (Å²) in [4.78, 5) is 2.24. The third-order valence-electron chi connectivity index (χ3n) is 8.97. The largest absolute Gasteiger partial charge is 0.317 e. The van der Waals surface area contributed by atoms with Crippen molar-refractivity contribution in [1.82, 2.24) is 0 Å². The summed E-state index contributed by atoms with van der Waals surface area (Å²) in [6, 6.07) is 56.5. The molecule has 1 heteroatoms. The Bertz CT molecular complexity index is 2000. The van der Waals surface area contributed by atoms with E-state index in [1.54, 1.807) is 0 Å². The molecule has 0 atom stereocenters. The first-order valence-corrected chi connectivity index (χ1v) is 15.2. The van der Waals surface area contributed by atoms with E-state index < -0.39 is 0 Å². The minimum Gasteiger partial charge on any atom is -0.317 e. The SMILES string of the molecule is C1=C(/C=C\C=C\N(c2ccccc2)c2ccc(-c3ccccc3)cc2)C2(c3ccccc31)c1ccccc1-c1ccccc12. The summed E-state index contributed by atoms with van der Waals surface area (Å²) in [5.41, 5.74) is 13.6. The number of rotatable bonds is 6. The molecule has 0 heterocycles. The zero-order valence-electron chi connectivity index (χ0n) is 24.3. The van der Waals surface area contributed by atoms with Gasteiger partial charge in [0.2, 0.25) is 0 Å². The number of hydrogen-bond donors (Lipinski definition) is 0. The van der Waals surface area contributed by atoms with E-state index in [-0.39, 0.29) is 5.41 Å². The maximum atomic E-state index is 2.37. The van der Waals surface area contributed by atoms with Gasteiger partial charge in [0.05, 0.1) is 5.41 Å². The third-order valence-corrected chi connectivity index (χ3v) is 8.97. The van der Waals surface area contributed by atoms with E-state index in [4.69, 9.17) is 0 Å². The molecule has 0 fully saturated rings. The van der Waals surface area contributed by atoms with E-state index in [1.165, 1.54) is 50.1 Å². The highest BCUT2D eigenvalue weighted by Gasteiger charge is 2.49. The van der Waals surface area contributed by atoms with Crippen molar-refractivity contribution in [1.29, 1.82) is 0 Å². The highest BCUT2D eigenvalue weighted by molar-refractivity contribution is 5.92. The highest BCUT2D eigenvalue weighted by Crippen LogP contribution is 2.60. The molecule has 0 bridgehead atoms. The number of nitrogens with zero attached hydrogens (tertiary/aromatic N) is 1. The Morgan fingerprint density at radius 1 is 0.432 bits per heavy atom. The molecule has 0 aromatic heterocycles. The van der Waals surface area contributed by atoms with Gasteiger partial charge in [-0.15, -0.1) is 0 Å². The Kier molecular flexibility index (Phi) is 6.43. The van der Waals surface area contributed by atoms with Crippen LogP contribution in [0.15, 0.2) is 188 Å². The van der Waals surface area contributed by atoms with Crippen LogP contribution in [0.2, 0.25) is 0 Å². The van der Waals surface area contributed by atoms with E-state index in [2.05, 4.69) is 193 Å². The number of allylic oxidation sites excluding steroid dienone is 4. The minimum atomic E-state index is -0.319. The number of para-hydroxylation sites is 1. The Labute approximate surface area is 259 Å². The van der Waals surface area contributed by atoms with Crippen LogP contribution in [-0.4, -0.2) is 0 Å². The molecule has 6 aromatic carbocycles. The van der Waals surface area contributed by atoms with Crippen molar-refractivity contribution < 1.29 is 0 Å². The average molecular weight is 562 g/mol. The summed E-state index contributed by atoms with van der Waals surface area (Å²) >= 11 is 0. The molecule has 44 heavy (non-hydrogen) atoms. The number of hydrogen-bond acceptors (Lipinski definition) is 1. The van der Waals surface area contributed by atoms with E-state index >= 15 is 0 Å². The molecule has 1 spiro atoms. The topological polar surface area (TPSA) is 3.24 Å². The van der Waals surface area contributed by atoms with Gasteiger partial charge >= 0.3 is 0 Å². The molecule has 0 amide bonds. The summed E-state index contributed by atoms with van der Waals surface area (Å²) in [6.45, 7) is 0. The van der Waals surface area contributed by atoms with Crippen molar-refractivity contribution >= 4 is 17.5 Å². The van der Waals surface area contributed by atoms with Crippen LogP contribution in [-0.2, 0) is 5.41 Å². The van der Waals surface area contributed by atoms with Crippen LogP contribution >= 0.6 is 0 Å². The number of benzene rings is 6. The molecule has 208 valence electrons. The zero-order chi connectivity index (χ0) is 29.3. The molecule has 0 unspecified atom stereocenters. The lowest BCUT2D eigenvalue weighted by Crippen LogP contribution is -2.26. The number of anilines is 2. The summed E-state index contributed by atoms with van der Waals surface area (Å²) < 4.78 is 0. The second-order valence-corrected chi connectivity index (χ2v) is 11.3. The van der Waals surface area contributed by atoms with Crippen LogP contribution < -0.4 is 4.90 Å². The van der Waals surface area contributed by atoms with Gasteiger partial charge in [0, 0.05) is 17.6 Å². The van der Waals surface area contributed by atoms with Crippen molar-refractivity contribution in [2.45, 2.75) is 5.41 Å². The van der Waals surface area contributed by atoms with Gasteiger partial charge in [0.1, 0.15) is 0 Å². The van der Waals surface area contributed by atoms with E-state index in [0.29, 0.717) is 0 Å². The van der Waals surface area contributed by atoms with Crippen molar-refractivity contribution in [2.75, 3.05) is 4.90 Å². The van der Waals surface area contributed by atoms with Crippen LogP contribution in [0.25, 0.3) is 28.3 Å². The van der Waals surface area contributed by atoms with Gasteiger partial charge < -0.3 is 4.90 Å². The van der Waals surface area contributed by atoms with Crippen molar-refractivity contribution in [3.05, 3.63) is 210 Å². The first-order chi connectivity index (χ1) is 21.8. The molecule has 2 aliphatic rings. The van der Waals surface area contributed by atoms with Gasteiger partial charge in [-0.2, -0.15) is 0 Å². The van der Waals surface area contributed by atoms with Gasteiger partial charge in [-0.25, -0.2) is 0 Å². The smallest absolute Gasteiger partial charge is 0.0719 e. The number of fused-ring (bicyclic) bond motifs is 7. The van der Waals surface area contributed by atoms with E-state index in [1.807, 2.05) is 0 Å². The third kappa shape index (κ3) is 4.17. The average Bonchev–Trinajstić information content (AvgIpc) is 3.59. The monoisotopic (exact) mass is 561 g/mol. The van der Waals surface area contributed by atoms with Gasteiger partial charge in [-0.05, 0) is 86.5 Å². The van der Waals surface area contributed by atoms with Crippen LogP contribution in [0.3, 0.4) is 0 Å². The molecule has 0 N–H and O–H groups in total. The van der Waals surface area contributed by atoms with Crippen molar-refractivity contribution in [2.24, 2.45) is 0 Å². The molecule has 1 nitrogen and oxygen atoms in total. The molecular weight excluding hydrogens is 530 g/mol. The Hall–Kier alpha value is -5.66. The summed E-state index contributed by atoms with van der Waals surface area (Å²) in [7, 11) is 0. The van der Waals surface area contributed by atoms with Gasteiger partial charge in [-0.3, -0.25) is 0 Å². The van der Waals surface area contributed by atoms with Crippen LogP contribution in [0.1, 0.15) is 22.3 Å². The fourth-order valence-corrected chi connectivity index (χ4v) is 7.05. The fourth-order valence-electron chi connectivity index (χ4n) is 7.05. The van der Waals surface area contributed by atoms with Gasteiger partial charge in [-0.1, -0.05) is 146 Å². The molecule has 8 rings (SSSR count). The molecular formula is C43H31N. The highest BCUT2D eigenvalue weighted by atomic mass is 15.1. The quantitative estimate of drug-likeness (QED) is 0.183. The van der Waals surface area contributed by atoms with Gasteiger partial charge in [0.25, 0.3) is 0 Å². The van der Waals surface area contributed by atoms with E-state index in [0.717, 1.165) is 11.4 Å². The van der Waals surface area contributed by atoms with Crippen LogP contribution in [0.4, 0.5) is 11.4 Å². The molecule has 2 aliphatic carbocycles. The predicted octanol–water partition coefficient (Wildman–Crippen LogP) is 11.0. The fraction of sp³-hybridized carbons (Fsp3) is 0.0233. The second kappa shape index (κ2) is 10.9. The maximum absolute atomic E-state index is 2.37. The summed E-state index contributed by atoms with van der Waals surface area (Å²) in [5.74, 6) is 0. The van der Waals surface area contributed by atoms with E-state index in [9.17, 15) is 0 Å². The predicted molar refractivity (Wildman–Crippen MR) is 185 cm³/mol. The molecule has 6 aromatic rings. The summed E-state index contributed by atoms with van der Waals surface area (Å²) in [5, 5.41) is 0. The molecule has 0 radical (unpaired) electrons. The normalized spacial score (nSPS) is 14.0. The first-order valence-electron chi connectivity index (χ1n) is 15.2.